The Morgan fingerprint density at radius 1 is 1.23 bits per heavy atom. The first-order valence-electron chi connectivity index (χ1n) is 9.98. The van der Waals surface area contributed by atoms with Crippen LogP contribution in [0.2, 0.25) is 5.02 Å². The van der Waals surface area contributed by atoms with Crippen LogP contribution in [-0.2, 0) is 9.59 Å². The van der Waals surface area contributed by atoms with Crippen LogP contribution in [0.5, 0.6) is 5.75 Å². The Hall–Kier alpha value is -4.09. The Bertz CT molecular complexity index is 1380. The molecule has 0 aliphatic carbocycles. The number of halogens is 1. The monoisotopic (exact) mass is 513 g/mol. The minimum atomic E-state index is -0.658. The van der Waals surface area contributed by atoms with E-state index in [1.165, 1.54) is 43.5 Å². The molecule has 0 saturated carbocycles. The molecule has 1 aliphatic rings. The number of benzene rings is 2. The van der Waals surface area contributed by atoms with Crippen molar-refractivity contribution in [3.63, 3.8) is 0 Å². The first-order valence-corrected chi connectivity index (χ1v) is 11.2. The smallest absolute Gasteiger partial charge is 0.294 e. The van der Waals surface area contributed by atoms with Crippen LogP contribution >= 0.6 is 23.4 Å². The van der Waals surface area contributed by atoms with Crippen LogP contribution in [-0.4, -0.2) is 40.5 Å². The third-order valence-corrected chi connectivity index (χ3v) is 5.99. The van der Waals surface area contributed by atoms with Gasteiger partial charge in [0.05, 0.1) is 28.6 Å². The highest BCUT2D eigenvalue weighted by Gasteiger charge is 2.36. The summed E-state index contributed by atoms with van der Waals surface area (Å²) in [7, 11) is 1.40. The minimum absolute atomic E-state index is 0.0516. The molecule has 0 bridgehead atoms. The number of carbonyl (C=O) groups excluding carboxylic acids is 3. The van der Waals surface area contributed by atoms with Gasteiger partial charge in [-0.25, -0.2) is 0 Å². The van der Waals surface area contributed by atoms with Crippen LogP contribution in [0.25, 0.3) is 17.4 Å². The van der Waals surface area contributed by atoms with E-state index in [0.717, 1.165) is 4.90 Å². The lowest BCUT2D eigenvalue weighted by Crippen LogP contribution is -2.36. The molecule has 1 saturated heterocycles. The summed E-state index contributed by atoms with van der Waals surface area (Å²) in [4.78, 5) is 49.1. The summed E-state index contributed by atoms with van der Waals surface area (Å²) in [5.41, 5.74) is 0.443. The standard InChI is InChI=1S/C23H16ClN3O7S/c1-33-15-5-7-17(18(10-15)27(31)32)19-8-6-16(34-19)11-20-22(29)26(23(30)35-20)12-21(28)25-14-4-2-3-13(24)9-14/h2-11H,12H2,1H3,(H,25,28)/b20-11+. The number of amides is 3. The fourth-order valence-electron chi connectivity index (χ4n) is 3.25. The third kappa shape index (κ3) is 5.36. The molecule has 0 unspecified atom stereocenters. The van der Waals surface area contributed by atoms with Gasteiger partial charge in [0.25, 0.3) is 16.8 Å². The molecule has 1 aromatic heterocycles. The number of imide groups is 1. The number of anilines is 1. The van der Waals surface area contributed by atoms with Crippen LogP contribution in [0.3, 0.4) is 0 Å². The number of thioether (sulfide) groups is 1. The minimum Gasteiger partial charge on any atom is -0.497 e. The lowest BCUT2D eigenvalue weighted by Gasteiger charge is -2.12. The number of nitro benzene ring substituents is 1. The Morgan fingerprint density at radius 2 is 2.03 bits per heavy atom. The molecule has 10 nitrogen and oxygen atoms in total. The molecule has 1 N–H and O–H groups in total. The predicted octanol–water partition coefficient (Wildman–Crippen LogP) is 5.19. The van der Waals surface area contributed by atoms with Crippen molar-refractivity contribution >= 4 is 57.9 Å². The van der Waals surface area contributed by atoms with Crippen molar-refractivity contribution in [1.82, 2.24) is 4.90 Å². The zero-order chi connectivity index (χ0) is 25.1. The lowest BCUT2D eigenvalue weighted by atomic mass is 10.1. The highest BCUT2D eigenvalue weighted by Crippen LogP contribution is 2.36. The van der Waals surface area contributed by atoms with Crippen molar-refractivity contribution in [2.45, 2.75) is 0 Å². The number of hydrogen-bond acceptors (Lipinski definition) is 8. The van der Waals surface area contributed by atoms with Crippen molar-refractivity contribution < 1.29 is 28.5 Å². The van der Waals surface area contributed by atoms with Crippen molar-refractivity contribution in [1.29, 1.82) is 0 Å². The second-order valence-electron chi connectivity index (χ2n) is 7.17. The molecular formula is C23H16ClN3O7S. The summed E-state index contributed by atoms with van der Waals surface area (Å²) in [6, 6.07) is 13.8. The van der Waals surface area contributed by atoms with Crippen molar-refractivity contribution in [3.05, 3.63) is 80.4 Å². The number of nitrogens with one attached hydrogen (secondary N) is 1. The molecule has 0 spiro atoms. The summed E-state index contributed by atoms with van der Waals surface area (Å²) in [5.74, 6) is -0.498. The van der Waals surface area contributed by atoms with E-state index in [0.29, 0.717) is 28.2 Å². The Labute approximate surface area is 207 Å². The van der Waals surface area contributed by atoms with E-state index < -0.39 is 28.5 Å². The maximum Gasteiger partial charge on any atom is 0.294 e. The number of rotatable bonds is 7. The SMILES string of the molecule is COc1ccc(-c2ccc(/C=C3/SC(=O)N(CC(=O)Nc4cccc(Cl)c4)C3=O)o2)c([N+](=O)[O-])c1. The lowest BCUT2D eigenvalue weighted by molar-refractivity contribution is -0.384. The fourth-order valence-corrected chi connectivity index (χ4v) is 4.26. The Balaban J connectivity index is 1.50. The number of methoxy groups -OCH3 is 1. The molecule has 12 heteroatoms. The van der Waals surface area contributed by atoms with Gasteiger partial charge < -0.3 is 14.5 Å². The normalized spacial score (nSPS) is 14.5. The highest BCUT2D eigenvalue weighted by atomic mass is 35.5. The molecule has 0 atom stereocenters. The summed E-state index contributed by atoms with van der Waals surface area (Å²) in [6.07, 6.45) is 1.35. The van der Waals surface area contributed by atoms with Gasteiger partial charge in [-0.15, -0.1) is 0 Å². The second-order valence-corrected chi connectivity index (χ2v) is 8.60. The molecule has 35 heavy (non-hydrogen) atoms. The van der Waals surface area contributed by atoms with E-state index in [-0.39, 0.29) is 27.7 Å². The third-order valence-electron chi connectivity index (χ3n) is 4.85. The van der Waals surface area contributed by atoms with Crippen LogP contribution in [0.15, 0.2) is 63.9 Å². The fraction of sp³-hybridized carbons (Fsp3) is 0.0870. The molecule has 2 aromatic carbocycles. The van der Waals surface area contributed by atoms with E-state index in [9.17, 15) is 24.5 Å². The second kappa shape index (κ2) is 10.0. The van der Waals surface area contributed by atoms with Gasteiger partial charge in [0.1, 0.15) is 23.8 Å². The molecule has 4 rings (SSSR count). The average Bonchev–Trinajstić information content (AvgIpc) is 3.38. The maximum absolute atomic E-state index is 12.7. The molecule has 1 aliphatic heterocycles. The topological polar surface area (TPSA) is 132 Å². The van der Waals surface area contributed by atoms with Gasteiger partial charge in [-0.1, -0.05) is 17.7 Å². The molecular weight excluding hydrogens is 498 g/mol. The van der Waals surface area contributed by atoms with Crippen LogP contribution in [0, 0.1) is 10.1 Å². The van der Waals surface area contributed by atoms with Crippen molar-refractivity contribution in [2.75, 3.05) is 19.0 Å². The van der Waals surface area contributed by atoms with Crippen LogP contribution < -0.4 is 10.1 Å². The molecule has 2 heterocycles. The van der Waals surface area contributed by atoms with E-state index in [4.69, 9.17) is 20.8 Å². The maximum atomic E-state index is 12.7. The quantitative estimate of drug-likeness (QED) is 0.259. The highest BCUT2D eigenvalue weighted by molar-refractivity contribution is 8.18. The number of hydrogen-bond donors (Lipinski definition) is 1. The predicted molar refractivity (Wildman–Crippen MR) is 130 cm³/mol. The summed E-state index contributed by atoms with van der Waals surface area (Å²) in [6.45, 7) is -0.476. The zero-order valence-electron chi connectivity index (χ0n) is 18.0. The Morgan fingerprint density at radius 3 is 2.74 bits per heavy atom. The number of ether oxygens (including phenoxy) is 1. The zero-order valence-corrected chi connectivity index (χ0v) is 19.6. The number of furan rings is 1. The number of nitrogens with zero attached hydrogens (tertiary/aromatic N) is 2. The largest absolute Gasteiger partial charge is 0.497 e. The number of nitro groups is 1. The van der Waals surface area contributed by atoms with Crippen molar-refractivity contribution in [3.8, 4) is 17.1 Å². The first-order chi connectivity index (χ1) is 16.7. The summed E-state index contributed by atoms with van der Waals surface area (Å²) in [5, 5.41) is 13.8. The summed E-state index contributed by atoms with van der Waals surface area (Å²) >= 11 is 6.55. The molecule has 0 radical (unpaired) electrons. The van der Waals surface area contributed by atoms with Gasteiger partial charge in [0.2, 0.25) is 5.91 Å². The van der Waals surface area contributed by atoms with Gasteiger partial charge in [0, 0.05) is 16.8 Å². The summed E-state index contributed by atoms with van der Waals surface area (Å²) < 4.78 is 10.7. The van der Waals surface area contributed by atoms with E-state index in [1.54, 1.807) is 24.3 Å². The van der Waals surface area contributed by atoms with Gasteiger partial charge in [0.15, 0.2) is 0 Å². The molecule has 178 valence electrons. The van der Waals surface area contributed by atoms with Gasteiger partial charge in [-0.3, -0.25) is 29.4 Å². The first kappa shape index (κ1) is 24.0. The van der Waals surface area contributed by atoms with Crippen LogP contribution in [0.4, 0.5) is 16.2 Å². The number of carbonyl (C=O) groups is 3. The molecule has 1 fully saturated rings. The molecule has 3 aromatic rings. The van der Waals surface area contributed by atoms with Gasteiger partial charge in [-0.2, -0.15) is 0 Å². The Kier molecular flexibility index (Phi) is 6.90. The van der Waals surface area contributed by atoms with E-state index in [2.05, 4.69) is 5.32 Å². The molecule has 3 amide bonds. The van der Waals surface area contributed by atoms with Gasteiger partial charge in [-0.05, 0) is 54.2 Å². The van der Waals surface area contributed by atoms with Gasteiger partial charge >= 0.3 is 0 Å². The average molecular weight is 514 g/mol. The van der Waals surface area contributed by atoms with E-state index >= 15 is 0 Å². The van der Waals surface area contributed by atoms with Crippen LogP contribution in [0.1, 0.15) is 5.76 Å². The van der Waals surface area contributed by atoms with Crippen molar-refractivity contribution in [2.24, 2.45) is 0 Å². The van der Waals surface area contributed by atoms with E-state index in [1.807, 2.05) is 0 Å².